The van der Waals surface area contributed by atoms with Gasteiger partial charge in [-0.2, -0.15) is 5.26 Å². The van der Waals surface area contributed by atoms with Gasteiger partial charge in [0, 0.05) is 5.56 Å². The monoisotopic (exact) mass is 207 g/mol. The second-order valence-corrected chi connectivity index (χ2v) is 3.04. The number of benzene rings is 1. The van der Waals surface area contributed by atoms with Crippen molar-refractivity contribution in [2.24, 2.45) is 4.99 Å². The quantitative estimate of drug-likeness (QED) is 0.576. The second-order valence-electron chi connectivity index (χ2n) is 3.04. The van der Waals surface area contributed by atoms with E-state index in [4.69, 9.17) is 9.99 Å². The Balaban J connectivity index is 2.17. The number of nitrogens with zero attached hydrogens (tertiary/aromatic N) is 1. The first kappa shape index (κ1) is 9.67. The maximum Gasteiger partial charge on any atom is 0.369 e. The molecule has 5 nitrogen and oxygen atoms in total. The molecule has 0 fully saturated rings. The van der Waals surface area contributed by atoms with Crippen LogP contribution in [-0.2, 0) is 14.4 Å². The Morgan fingerprint density at radius 2 is 2.20 bits per heavy atom. The van der Waals surface area contributed by atoms with Crippen LogP contribution in [0.25, 0.3) is 0 Å². The topological polar surface area (TPSA) is 68.1 Å². The Bertz CT molecular complexity index is 388. The van der Waals surface area contributed by atoms with Crippen LogP contribution in [-0.4, -0.2) is 29.8 Å². The van der Waals surface area contributed by atoms with Gasteiger partial charge in [-0.1, -0.05) is 18.2 Å². The molecule has 0 saturated carbocycles. The van der Waals surface area contributed by atoms with Crippen LogP contribution in [0.5, 0.6) is 0 Å². The summed E-state index contributed by atoms with van der Waals surface area (Å²) in [6.45, 7) is 0.101. The summed E-state index contributed by atoms with van der Waals surface area (Å²) in [6, 6.07) is 8.44. The van der Waals surface area contributed by atoms with Crippen LogP contribution in [0.15, 0.2) is 35.3 Å². The van der Waals surface area contributed by atoms with E-state index in [1.54, 1.807) is 0 Å². The van der Waals surface area contributed by atoms with Crippen LogP contribution in [0, 0.1) is 0 Å². The first-order chi connectivity index (χ1) is 7.31. The fourth-order valence-corrected chi connectivity index (χ4v) is 1.29. The summed E-state index contributed by atoms with van der Waals surface area (Å²) in [4.78, 5) is 18.5. The van der Waals surface area contributed by atoms with Crippen molar-refractivity contribution < 1.29 is 19.7 Å². The lowest BCUT2D eigenvalue weighted by atomic mass is 10.2. The van der Waals surface area contributed by atoms with E-state index in [2.05, 4.69) is 9.88 Å². The maximum absolute atomic E-state index is 10.9. The van der Waals surface area contributed by atoms with Gasteiger partial charge in [0.1, 0.15) is 6.61 Å². The molecule has 0 aromatic heterocycles. The number of hydrogen-bond donors (Lipinski definition) is 1. The van der Waals surface area contributed by atoms with Gasteiger partial charge in [0.25, 0.3) is 0 Å². The molecule has 1 atom stereocenters. The third kappa shape index (κ3) is 1.97. The molecule has 78 valence electrons. The molecule has 0 saturated heterocycles. The fraction of sp³-hybridized carbons (Fsp3) is 0.200. The highest BCUT2D eigenvalue weighted by atomic mass is 17.1. The van der Waals surface area contributed by atoms with Gasteiger partial charge in [-0.15, -0.1) is 0 Å². The Hall–Kier alpha value is -1.88. The van der Waals surface area contributed by atoms with Gasteiger partial charge in [-0.05, 0) is 12.1 Å². The van der Waals surface area contributed by atoms with Crippen LogP contribution in [0.3, 0.4) is 0 Å². The molecule has 1 N–H and O–H groups in total. The number of aliphatic imine (C=N–C) groups is 1. The van der Waals surface area contributed by atoms with Crippen molar-refractivity contribution in [2.75, 3.05) is 6.61 Å². The van der Waals surface area contributed by atoms with E-state index in [1.807, 2.05) is 30.3 Å². The highest BCUT2D eigenvalue weighted by molar-refractivity contribution is 5.97. The second kappa shape index (κ2) is 4.10. The summed E-state index contributed by atoms with van der Waals surface area (Å²) >= 11 is 0. The predicted molar refractivity (Wildman–Crippen MR) is 51.4 cm³/mol. The molecule has 5 heteroatoms. The van der Waals surface area contributed by atoms with Crippen molar-refractivity contribution in [2.45, 2.75) is 6.04 Å². The Morgan fingerprint density at radius 1 is 1.47 bits per heavy atom. The standard InChI is InChI=1S/C10H9NO4/c12-10(15-13)8-6-14-9(11-8)7-4-2-1-3-5-7/h1-5,8,13H,6H2. The molecular weight excluding hydrogens is 198 g/mol. The zero-order chi connectivity index (χ0) is 10.7. The van der Waals surface area contributed by atoms with Crippen LogP contribution < -0.4 is 0 Å². The minimum atomic E-state index is -0.805. The summed E-state index contributed by atoms with van der Waals surface area (Å²) in [5.41, 5.74) is 0.797. The van der Waals surface area contributed by atoms with Crippen molar-refractivity contribution in [3.8, 4) is 0 Å². The molecule has 0 amide bonds. The molecule has 0 bridgehead atoms. The maximum atomic E-state index is 10.9. The van der Waals surface area contributed by atoms with E-state index in [0.717, 1.165) is 5.56 Å². The van der Waals surface area contributed by atoms with E-state index in [1.165, 1.54) is 0 Å². The van der Waals surface area contributed by atoms with Gasteiger partial charge in [0.05, 0.1) is 0 Å². The van der Waals surface area contributed by atoms with Crippen LogP contribution >= 0.6 is 0 Å². The van der Waals surface area contributed by atoms with Crippen molar-refractivity contribution >= 4 is 11.9 Å². The molecule has 0 radical (unpaired) electrons. The molecule has 0 aliphatic carbocycles. The third-order valence-corrected chi connectivity index (χ3v) is 2.03. The Kier molecular flexibility index (Phi) is 2.64. The van der Waals surface area contributed by atoms with E-state index < -0.39 is 12.0 Å². The van der Waals surface area contributed by atoms with Crippen molar-refractivity contribution in [1.82, 2.24) is 0 Å². The first-order valence-electron chi connectivity index (χ1n) is 4.42. The summed E-state index contributed by atoms with van der Waals surface area (Å²) < 4.78 is 5.21. The fourth-order valence-electron chi connectivity index (χ4n) is 1.29. The van der Waals surface area contributed by atoms with E-state index >= 15 is 0 Å². The molecule has 15 heavy (non-hydrogen) atoms. The molecule has 1 aliphatic heterocycles. The average molecular weight is 207 g/mol. The van der Waals surface area contributed by atoms with Gasteiger partial charge < -0.3 is 4.74 Å². The lowest BCUT2D eigenvalue weighted by Crippen LogP contribution is -2.21. The van der Waals surface area contributed by atoms with Gasteiger partial charge >= 0.3 is 5.97 Å². The van der Waals surface area contributed by atoms with Gasteiger partial charge in [0.15, 0.2) is 6.04 Å². The predicted octanol–water partition coefficient (Wildman–Crippen LogP) is 0.848. The molecular formula is C10H9NO4. The Labute approximate surface area is 85.9 Å². The summed E-state index contributed by atoms with van der Waals surface area (Å²) in [5.74, 6) is -0.410. The van der Waals surface area contributed by atoms with Gasteiger partial charge in [-0.3, -0.25) is 4.89 Å². The van der Waals surface area contributed by atoms with Gasteiger partial charge in [-0.25, -0.2) is 9.79 Å². The molecule has 1 aromatic carbocycles. The van der Waals surface area contributed by atoms with E-state index in [-0.39, 0.29) is 6.61 Å². The number of carbonyl (C=O) groups excluding carboxylic acids is 1. The SMILES string of the molecule is O=C(OO)C1COC(c2ccccc2)=N1. The largest absolute Gasteiger partial charge is 0.475 e. The van der Waals surface area contributed by atoms with E-state index in [0.29, 0.717) is 5.90 Å². The smallest absolute Gasteiger partial charge is 0.369 e. The highest BCUT2D eigenvalue weighted by Crippen LogP contribution is 2.12. The number of rotatable bonds is 2. The molecule has 1 aliphatic rings. The summed E-state index contributed by atoms with van der Waals surface area (Å²) in [6.07, 6.45) is 0. The van der Waals surface area contributed by atoms with Crippen LogP contribution in [0.1, 0.15) is 5.56 Å². The molecule has 1 aromatic rings. The minimum Gasteiger partial charge on any atom is -0.475 e. The number of hydrogen-bond acceptors (Lipinski definition) is 5. The molecule has 0 spiro atoms. The normalized spacial score (nSPS) is 19.3. The third-order valence-electron chi connectivity index (χ3n) is 2.03. The minimum absolute atomic E-state index is 0.101. The average Bonchev–Trinajstić information content (AvgIpc) is 2.78. The van der Waals surface area contributed by atoms with Crippen molar-refractivity contribution in [1.29, 1.82) is 0 Å². The highest BCUT2D eigenvalue weighted by Gasteiger charge is 2.28. The lowest BCUT2D eigenvalue weighted by Gasteiger charge is -1.99. The van der Waals surface area contributed by atoms with Gasteiger partial charge in [0.2, 0.25) is 5.90 Å². The van der Waals surface area contributed by atoms with E-state index in [9.17, 15) is 4.79 Å². The number of carbonyl (C=O) groups is 1. The molecule has 1 unspecified atom stereocenters. The lowest BCUT2D eigenvalue weighted by molar-refractivity contribution is -0.235. The van der Waals surface area contributed by atoms with Crippen molar-refractivity contribution in [3.63, 3.8) is 0 Å². The number of ether oxygens (including phenoxy) is 1. The van der Waals surface area contributed by atoms with Crippen LogP contribution in [0.2, 0.25) is 0 Å². The Morgan fingerprint density at radius 3 is 2.87 bits per heavy atom. The molecule has 1 heterocycles. The summed E-state index contributed by atoms with van der Waals surface area (Å²) in [7, 11) is 0. The van der Waals surface area contributed by atoms with Crippen molar-refractivity contribution in [3.05, 3.63) is 35.9 Å². The zero-order valence-electron chi connectivity index (χ0n) is 7.79. The molecule has 2 rings (SSSR count). The summed E-state index contributed by atoms with van der Waals surface area (Å²) in [5, 5.41) is 8.18. The zero-order valence-corrected chi connectivity index (χ0v) is 7.79. The first-order valence-corrected chi connectivity index (χ1v) is 4.42. The van der Waals surface area contributed by atoms with Crippen LogP contribution in [0.4, 0.5) is 0 Å².